The van der Waals surface area contributed by atoms with Crippen molar-refractivity contribution in [2.24, 2.45) is 0 Å². The van der Waals surface area contributed by atoms with Crippen LogP contribution in [0.2, 0.25) is 0 Å². The number of amides is 1. The van der Waals surface area contributed by atoms with Crippen molar-refractivity contribution in [1.82, 2.24) is 15.2 Å². The average Bonchev–Trinajstić information content (AvgIpc) is 2.37. The third kappa shape index (κ3) is 3.66. The minimum atomic E-state index is -0.766. The van der Waals surface area contributed by atoms with E-state index in [4.69, 9.17) is 5.73 Å². The number of likely N-dealkylation sites (N-methyl/N-ethyl adjacent to an activating group) is 1. The van der Waals surface area contributed by atoms with E-state index in [1.165, 1.54) is 12.3 Å². The first-order chi connectivity index (χ1) is 8.60. The standard InChI is InChI=1S/C12H19FN4O/c1-3-17(4-2)8-7-16-12(18)9-5-6-15-11(14)10(9)13/h5-6H,3-4,7-8H2,1-2H3,(H2,14,15)(H,16,18). The van der Waals surface area contributed by atoms with Gasteiger partial charge in [-0.1, -0.05) is 13.8 Å². The van der Waals surface area contributed by atoms with Gasteiger partial charge in [0.05, 0.1) is 5.56 Å². The molecule has 0 fully saturated rings. The Morgan fingerprint density at radius 2 is 2.17 bits per heavy atom. The Labute approximate surface area is 106 Å². The molecule has 0 bridgehead atoms. The Bertz CT molecular complexity index is 407. The lowest BCUT2D eigenvalue weighted by molar-refractivity contribution is 0.0945. The first kappa shape index (κ1) is 14.4. The van der Waals surface area contributed by atoms with Crippen molar-refractivity contribution in [3.63, 3.8) is 0 Å². The number of nitrogen functional groups attached to an aromatic ring is 1. The molecule has 0 unspecified atom stereocenters. The summed E-state index contributed by atoms with van der Waals surface area (Å²) in [7, 11) is 0. The van der Waals surface area contributed by atoms with Crippen LogP contribution < -0.4 is 11.1 Å². The average molecular weight is 254 g/mol. The molecule has 6 heteroatoms. The summed E-state index contributed by atoms with van der Waals surface area (Å²) in [6.07, 6.45) is 1.32. The van der Waals surface area contributed by atoms with Crippen LogP contribution in [0.5, 0.6) is 0 Å². The normalized spacial score (nSPS) is 10.7. The predicted molar refractivity (Wildman–Crippen MR) is 68.7 cm³/mol. The number of aromatic nitrogens is 1. The Hall–Kier alpha value is -1.69. The van der Waals surface area contributed by atoms with Crippen molar-refractivity contribution in [3.8, 4) is 0 Å². The maximum Gasteiger partial charge on any atom is 0.254 e. The fourth-order valence-corrected chi connectivity index (χ4v) is 1.60. The van der Waals surface area contributed by atoms with Gasteiger partial charge in [0.2, 0.25) is 0 Å². The Kier molecular flexibility index (Phi) is 5.51. The van der Waals surface area contributed by atoms with Gasteiger partial charge in [-0.3, -0.25) is 4.79 Å². The van der Waals surface area contributed by atoms with Crippen molar-refractivity contribution < 1.29 is 9.18 Å². The molecule has 100 valence electrons. The molecule has 5 nitrogen and oxygen atoms in total. The minimum absolute atomic E-state index is 0.0675. The van der Waals surface area contributed by atoms with Crippen LogP contribution in [-0.2, 0) is 0 Å². The highest BCUT2D eigenvalue weighted by Crippen LogP contribution is 2.11. The van der Waals surface area contributed by atoms with E-state index < -0.39 is 11.7 Å². The summed E-state index contributed by atoms with van der Waals surface area (Å²) in [5, 5.41) is 2.66. The van der Waals surface area contributed by atoms with Crippen LogP contribution in [0.3, 0.4) is 0 Å². The molecule has 0 atom stereocenters. The highest BCUT2D eigenvalue weighted by atomic mass is 19.1. The van der Waals surface area contributed by atoms with Crippen LogP contribution >= 0.6 is 0 Å². The lowest BCUT2D eigenvalue weighted by Gasteiger charge is -2.18. The summed E-state index contributed by atoms with van der Waals surface area (Å²) in [4.78, 5) is 17.5. The molecule has 0 aromatic carbocycles. The second-order valence-electron chi connectivity index (χ2n) is 3.84. The maximum absolute atomic E-state index is 13.5. The van der Waals surface area contributed by atoms with Gasteiger partial charge in [-0.2, -0.15) is 0 Å². The second kappa shape index (κ2) is 6.90. The van der Waals surface area contributed by atoms with Crippen LogP contribution in [0.4, 0.5) is 10.2 Å². The number of nitrogens with one attached hydrogen (secondary N) is 1. The van der Waals surface area contributed by atoms with Gasteiger partial charge < -0.3 is 16.0 Å². The predicted octanol–water partition coefficient (Wildman–Crippen LogP) is 0.875. The summed E-state index contributed by atoms with van der Waals surface area (Å²) in [6.45, 7) is 7.15. The van der Waals surface area contributed by atoms with Crippen molar-refractivity contribution in [3.05, 3.63) is 23.6 Å². The van der Waals surface area contributed by atoms with E-state index >= 15 is 0 Å². The molecule has 0 spiro atoms. The van der Waals surface area contributed by atoms with Gasteiger partial charge in [-0.25, -0.2) is 9.37 Å². The van der Waals surface area contributed by atoms with E-state index in [0.717, 1.165) is 19.6 Å². The fourth-order valence-electron chi connectivity index (χ4n) is 1.60. The zero-order valence-corrected chi connectivity index (χ0v) is 10.7. The van der Waals surface area contributed by atoms with Crippen LogP contribution in [-0.4, -0.2) is 42.0 Å². The summed E-state index contributed by atoms with van der Waals surface area (Å²) < 4.78 is 13.5. The highest BCUT2D eigenvalue weighted by Gasteiger charge is 2.14. The maximum atomic E-state index is 13.5. The van der Waals surface area contributed by atoms with E-state index in [9.17, 15) is 9.18 Å². The molecule has 1 heterocycles. The largest absolute Gasteiger partial charge is 0.381 e. The number of carbonyl (C=O) groups is 1. The Balaban J connectivity index is 2.53. The number of hydrogen-bond acceptors (Lipinski definition) is 4. The SMILES string of the molecule is CCN(CC)CCNC(=O)c1ccnc(N)c1F. The van der Waals surface area contributed by atoms with Crippen LogP contribution in [0.1, 0.15) is 24.2 Å². The zero-order valence-electron chi connectivity index (χ0n) is 10.7. The Morgan fingerprint density at radius 3 is 2.78 bits per heavy atom. The number of rotatable bonds is 6. The van der Waals surface area contributed by atoms with Gasteiger partial charge in [-0.05, 0) is 19.2 Å². The van der Waals surface area contributed by atoms with E-state index in [1.807, 2.05) is 0 Å². The van der Waals surface area contributed by atoms with E-state index in [0.29, 0.717) is 6.54 Å². The van der Waals surface area contributed by atoms with Crippen LogP contribution in [0.25, 0.3) is 0 Å². The third-order valence-electron chi connectivity index (χ3n) is 2.77. The molecule has 0 aliphatic heterocycles. The lowest BCUT2D eigenvalue weighted by Crippen LogP contribution is -2.35. The molecule has 1 rings (SSSR count). The molecule has 3 N–H and O–H groups in total. The molecule has 1 aromatic rings. The fraction of sp³-hybridized carbons (Fsp3) is 0.500. The summed E-state index contributed by atoms with van der Waals surface area (Å²) >= 11 is 0. The molecule has 0 saturated carbocycles. The van der Waals surface area contributed by atoms with Crippen LogP contribution in [0.15, 0.2) is 12.3 Å². The van der Waals surface area contributed by atoms with Gasteiger partial charge in [0, 0.05) is 19.3 Å². The van der Waals surface area contributed by atoms with E-state index in [2.05, 4.69) is 29.0 Å². The molecule has 1 amide bonds. The lowest BCUT2D eigenvalue weighted by atomic mass is 10.2. The van der Waals surface area contributed by atoms with Crippen molar-refractivity contribution >= 4 is 11.7 Å². The topological polar surface area (TPSA) is 71.2 Å². The smallest absolute Gasteiger partial charge is 0.254 e. The minimum Gasteiger partial charge on any atom is -0.381 e. The summed E-state index contributed by atoms with van der Waals surface area (Å²) in [5.41, 5.74) is 5.24. The quantitative estimate of drug-likeness (QED) is 0.790. The molecule has 0 radical (unpaired) electrons. The highest BCUT2D eigenvalue weighted by molar-refractivity contribution is 5.95. The van der Waals surface area contributed by atoms with Crippen LogP contribution in [0, 0.1) is 5.82 Å². The number of nitrogens with zero attached hydrogens (tertiary/aromatic N) is 2. The van der Waals surface area contributed by atoms with E-state index in [1.54, 1.807) is 0 Å². The number of nitrogens with two attached hydrogens (primary N) is 1. The number of carbonyl (C=O) groups excluding carboxylic acids is 1. The van der Waals surface area contributed by atoms with Crippen molar-refractivity contribution in [1.29, 1.82) is 0 Å². The molecule has 1 aromatic heterocycles. The van der Waals surface area contributed by atoms with Gasteiger partial charge in [0.1, 0.15) is 0 Å². The number of halogens is 1. The molecular formula is C12H19FN4O. The first-order valence-electron chi connectivity index (χ1n) is 6.00. The van der Waals surface area contributed by atoms with Crippen molar-refractivity contribution in [2.45, 2.75) is 13.8 Å². The molecule has 0 aliphatic carbocycles. The van der Waals surface area contributed by atoms with Gasteiger partial charge in [0.15, 0.2) is 11.6 Å². The van der Waals surface area contributed by atoms with E-state index in [-0.39, 0.29) is 11.4 Å². The zero-order chi connectivity index (χ0) is 13.5. The second-order valence-corrected chi connectivity index (χ2v) is 3.84. The van der Waals surface area contributed by atoms with Gasteiger partial charge in [0.25, 0.3) is 5.91 Å². The Morgan fingerprint density at radius 1 is 1.50 bits per heavy atom. The monoisotopic (exact) mass is 254 g/mol. The van der Waals surface area contributed by atoms with Gasteiger partial charge in [-0.15, -0.1) is 0 Å². The molecule has 0 saturated heterocycles. The summed E-state index contributed by atoms with van der Waals surface area (Å²) in [6, 6.07) is 1.32. The number of hydrogen-bond donors (Lipinski definition) is 2. The molecule has 0 aliphatic rings. The summed E-state index contributed by atoms with van der Waals surface area (Å²) in [5.74, 6) is -1.49. The van der Waals surface area contributed by atoms with Crippen molar-refractivity contribution in [2.75, 3.05) is 31.9 Å². The van der Waals surface area contributed by atoms with Gasteiger partial charge >= 0.3 is 0 Å². The molecular weight excluding hydrogens is 235 g/mol. The molecule has 18 heavy (non-hydrogen) atoms. The number of anilines is 1. The first-order valence-corrected chi connectivity index (χ1v) is 6.00. The third-order valence-corrected chi connectivity index (χ3v) is 2.77. The number of pyridine rings is 1.